The molecule has 156 valence electrons. The van der Waals surface area contributed by atoms with Crippen LogP contribution in [0, 0.1) is 0 Å². The molecular weight excluding hydrogens is 356 g/mol. The summed E-state index contributed by atoms with van der Waals surface area (Å²) >= 11 is 0. The first-order chi connectivity index (χ1) is 13.4. The molecule has 0 amide bonds. The minimum atomic E-state index is -0.430. The Morgan fingerprint density at radius 3 is 1.96 bits per heavy atom. The molecule has 7 nitrogen and oxygen atoms in total. The summed E-state index contributed by atoms with van der Waals surface area (Å²) in [6.45, 7) is 1.66. The fourth-order valence-corrected chi connectivity index (χ4v) is 3.65. The first-order valence-corrected chi connectivity index (χ1v) is 10.6. The summed E-state index contributed by atoms with van der Waals surface area (Å²) in [4.78, 5) is 41.4. The van der Waals surface area contributed by atoms with Crippen LogP contribution in [0.15, 0.2) is 9.59 Å². The van der Waals surface area contributed by atoms with Gasteiger partial charge in [0.2, 0.25) is 0 Å². The van der Waals surface area contributed by atoms with E-state index in [1.54, 1.807) is 18.5 Å². The second-order valence-corrected chi connectivity index (χ2v) is 7.82. The maximum Gasteiger partial charge on any atom is 0.329 e. The molecule has 0 aliphatic rings. The number of fused-ring (bicyclic) bond motifs is 1. The van der Waals surface area contributed by atoms with Crippen molar-refractivity contribution >= 4 is 16.9 Å². The average molecular weight is 391 g/mol. The molecule has 7 heteroatoms. The van der Waals surface area contributed by atoms with Crippen LogP contribution in [0.25, 0.3) is 11.2 Å². The summed E-state index contributed by atoms with van der Waals surface area (Å²) in [6, 6.07) is 0. The van der Waals surface area contributed by atoms with Gasteiger partial charge in [-0.15, -0.1) is 0 Å². The quantitative estimate of drug-likeness (QED) is 0.531. The average Bonchev–Trinajstić information content (AvgIpc) is 2.97. The number of aromatic nitrogens is 4. The molecule has 0 radical (unpaired) electrons. The van der Waals surface area contributed by atoms with Gasteiger partial charge in [0, 0.05) is 26.9 Å². The molecule has 0 bridgehead atoms. The Kier molecular flexibility index (Phi) is 8.67. The van der Waals surface area contributed by atoms with Gasteiger partial charge in [0.15, 0.2) is 11.2 Å². The highest BCUT2D eigenvalue weighted by Gasteiger charge is 2.14. The fourth-order valence-electron chi connectivity index (χ4n) is 3.65. The molecule has 0 aliphatic carbocycles. The second-order valence-electron chi connectivity index (χ2n) is 7.82. The van der Waals surface area contributed by atoms with Crippen LogP contribution < -0.4 is 11.2 Å². The van der Waals surface area contributed by atoms with Crippen molar-refractivity contribution in [2.45, 2.75) is 84.0 Å². The monoisotopic (exact) mass is 390 g/mol. The predicted molar refractivity (Wildman–Crippen MR) is 112 cm³/mol. The standard InChI is InChI=1S/C21H34N4O3/c1-16(26)14-12-10-8-6-4-5-7-9-11-13-15-17-22-19-18(24(17)2)20(27)23-21(28)25(19)3/h4-15H2,1-3H3,(H,23,27,28). The number of H-pyrrole nitrogens is 1. The van der Waals surface area contributed by atoms with Gasteiger partial charge < -0.3 is 9.36 Å². The Bertz CT molecular complexity index is 891. The Labute approximate surface area is 166 Å². The number of Topliss-reactive ketones (excluding diaryl/α,β-unsaturated/α-hetero) is 1. The normalized spacial score (nSPS) is 11.4. The third kappa shape index (κ3) is 6.17. The number of rotatable bonds is 13. The van der Waals surface area contributed by atoms with E-state index in [1.807, 2.05) is 7.05 Å². The van der Waals surface area contributed by atoms with Gasteiger partial charge >= 0.3 is 5.69 Å². The van der Waals surface area contributed by atoms with Crippen molar-refractivity contribution in [3.05, 3.63) is 26.7 Å². The molecule has 2 rings (SSSR count). The molecule has 0 fully saturated rings. The topological polar surface area (TPSA) is 89.8 Å². The van der Waals surface area contributed by atoms with Crippen LogP contribution in [0.4, 0.5) is 0 Å². The third-order valence-corrected chi connectivity index (χ3v) is 5.41. The lowest BCUT2D eigenvalue weighted by atomic mass is 10.0. The Morgan fingerprint density at radius 1 is 0.857 bits per heavy atom. The molecule has 0 unspecified atom stereocenters. The number of nitrogens with zero attached hydrogens (tertiary/aromatic N) is 3. The third-order valence-electron chi connectivity index (χ3n) is 5.41. The lowest BCUT2D eigenvalue weighted by Gasteiger charge is -2.03. The van der Waals surface area contributed by atoms with Crippen LogP contribution in [-0.4, -0.2) is 24.9 Å². The minimum Gasteiger partial charge on any atom is -0.325 e. The highest BCUT2D eigenvalue weighted by molar-refractivity contribution is 5.75. The summed E-state index contributed by atoms with van der Waals surface area (Å²) in [6.07, 6.45) is 13.5. The van der Waals surface area contributed by atoms with Crippen molar-refractivity contribution in [1.29, 1.82) is 0 Å². The van der Waals surface area contributed by atoms with E-state index in [1.165, 1.54) is 49.5 Å². The number of hydrogen-bond acceptors (Lipinski definition) is 4. The van der Waals surface area contributed by atoms with Crippen molar-refractivity contribution in [3.8, 4) is 0 Å². The summed E-state index contributed by atoms with van der Waals surface area (Å²) in [5.74, 6) is 1.15. The lowest BCUT2D eigenvalue weighted by molar-refractivity contribution is -0.117. The molecule has 0 saturated carbocycles. The number of ketones is 1. The van der Waals surface area contributed by atoms with Crippen molar-refractivity contribution in [2.24, 2.45) is 14.1 Å². The van der Waals surface area contributed by atoms with E-state index in [-0.39, 0.29) is 5.56 Å². The highest BCUT2D eigenvalue weighted by Crippen LogP contribution is 2.14. The number of carbonyl (C=O) groups excluding carboxylic acids is 1. The molecule has 0 aromatic carbocycles. The maximum absolute atomic E-state index is 12.0. The molecular formula is C21H34N4O3. The number of unbranched alkanes of at least 4 members (excludes halogenated alkanes) is 9. The summed E-state index contributed by atoms with van der Waals surface area (Å²) in [7, 11) is 3.46. The molecule has 1 N–H and O–H groups in total. The van der Waals surface area contributed by atoms with Gasteiger partial charge in [0.05, 0.1) is 0 Å². The number of carbonyl (C=O) groups is 1. The maximum atomic E-state index is 12.0. The molecule has 2 heterocycles. The highest BCUT2D eigenvalue weighted by atomic mass is 16.2. The molecule has 0 saturated heterocycles. The van der Waals surface area contributed by atoms with Crippen LogP contribution in [-0.2, 0) is 25.3 Å². The zero-order valence-corrected chi connectivity index (χ0v) is 17.6. The zero-order valence-electron chi connectivity index (χ0n) is 17.6. The molecule has 2 aromatic heterocycles. The van der Waals surface area contributed by atoms with Crippen molar-refractivity contribution in [3.63, 3.8) is 0 Å². The van der Waals surface area contributed by atoms with Gasteiger partial charge in [-0.25, -0.2) is 9.78 Å². The SMILES string of the molecule is CC(=O)CCCCCCCCCCCCc1nc2c(c(=O)[nH]c(=O)n2C)n1C. The van der Waals surface area contributed by atoms with E-state index in [4.69, 9.17) is 0 Å². The number of hydrogen-bond donors (Lipinski definition) is 1. The lowest BCUT2D eigenvalue weighted by Crippen LogP contribution is -2.29. The number of nitrogens with one attached hydrogen (secondary N) is 1. The van der Waals surface area contributed by atoms with Gasteiger partial charge in [0.25, 0.3) is 5.56 Å². The van der Waals surface area contributed by atoms with Crippen molar-refractivity contribution < 1.29 is 4.79 Å². The van der Waals surface area contributed by atoms with Gasteiger partial charge in [-0.05, 0) is 19.8 Å². The number of aryl methyl sites for hydroxylation is 3. The first kappa shape index (κ1) is 22.1. The fraction of sp³-hybridized carbons (Fsp3) is 0.714. The smallest absolute Gasteiger partial charge is 0.325 e. The van der Waals surface area contributed by atoms with Gasteiger partial charge in [0.1, 0.15) is 11.6 Å². The summed E-state index contributed by atoms with van der Waals surface area (Å²) < 4.78 is 3.19. The largest absolute Gasteiger partial charge is 0.329 e. The Hall–Kier alpha value is -2.18. The molecule has 0 atom stereocenters. The Balaban J connectivity index is 1.63. The first-order valence-electron chi connectivity index (χ1n) is 10.6. The van der Waals surface area contributed by atoms with E-state index < -0.39 is 5.69 Å². The second kappa shape index (κ2) is 11.0. The number of aromatic amines is 1. The summed E-state index contributed by atoms with van der Waals surface area (Å²) in [5, 5.41) is 0. The Morgan fingerprint density at radius 2 is 1.39 bits per heavy atom. The van der Waals surface area contributed by atoms with Crippen LogP contribution in [0.3, 0.4) is 0 Å². The summed E-state index contributed by atoms with van der Waals surface area (Å²) in [5.41, 5.74) is 0.108. The van der Waals surface area contributed by atoms with E-state index in [9.17, 15) is 14.4 Å². The molecule has 2 aromatic rings. The predicted octanol–water partition coefficient (Wildman–Crippen LogP) is 3.38. The molecule has 28 heavy (non-hydrogen) atoms. The van der Waals surface area contributed by atoms with E-state index in [0.29, 0.717) is 16.9 Å². The minimum absolute atomic E-state index is 0.300. The van der Waals surface area contributed by atoms with E-state index in [2.05, 4.69) is 9.97 Å². The van der Waals surface area contributed by atoms with E-state index >= 15 is 0 Å². The van der Waals surface area contributed by atoms with Crippen LogP contribution in [0.5, 0.6) is 0 Å². The zero-order chi connectivity index (χ0) is 20.5. The van der Waals surface area contributed by atoms with Crippen LogP contribution in [0.1, 0.15) is 83.4 Å². The molecule has 0 spiro atoms. The van der Waals surface area contributed by atoms with Gasteiger partial charge in [-0.2, -0.15) is 0 Å². The van der Waals surface area contributed by atoms with Crippen LogP contribution in [0.2, 0.25) is 0 Å². The van der Waals surface area contributed by atoms with Crippen molar-refractivity contribution in [2.75, 3.05) is 0 Å². The number of imidazole rings is 1. The van der Waals surface area contributed by atoms with Gasteiger partial charge in [-0.1, -0.05) is 51.4 Å². The molecule has 0 aliphatic heterocycles. The van der Waals surface area contributed by atoms with Crippen LogP contribution >= 0.6 is 0 Å². The van der Waals surface area contributed by atoms with E-state index in [0.717, 1.165) is 37.9 Å². The van der Waals surface area contributed by atoms with Crippen molar-refractivity contribution in [1.82, 2.24) is 19.1 Å². The van der Waals surface area contributed by atoms with Gasteiger partial charge in [-0.3, -0.25) is 14.3 Å².